The van der Waals surface area contributed by atoms with E-state index in [2.05, 4.69) is 10.3 Å². The molecule has 2 N–H and O–H groups in total. The van der Waals surface area contributed by atoms with Gasteiger partial charge in [-0.15, -0.1) is 23.1 Å². The number of aromatic nitrogens is 1. The Balaban J connectivity index is 1.43. The lowest BCUT2D eigenvalue weighted by Crippen LogP contribution is -2.67. The topological polar surface area (TPSA) is 135 Å². The van der Waals surface area contributed by atoms with E-state index in [1.165, 1.54) is 29.0 Å². The van der Waals surface area contributed by atoms with E-state index in [0.717, 1.165) is 22.5 Å². The van der Waals surface area contributed by atoms with E-state index >= 15 is 0 Å². The van der Waals surface area contributed by atoms with Crippen LogP contribution >= 0.6 is 23.1 Å². The second kappa shape index (κ2) is 11.3. The summed E-state index contributed by atoms with van der Waals surface area (Å²) in [5.41, 5.74) is 1.90. The second-order valence-electron chi connectivity index (χ2n) is 8.71. The summed E-state index contributed by atoms with van der Waals surface area (Å²) in [5.74, 6) is -2.47. The maximum absolute atomic E-state index is 13.8. The fourth-order valence-corrected chi connectivity index (χ4v) is 6.34. The van der Waals surface area contributed by atoms with Crippen molar-refractivity contribution in [2.24, 2.45) is 0 Å². The van der Waals surface area contributed by atoms with Crippen LogP contribution in [0.2, 0.25) is 0 Å². The molecular formula is C27H23N3O7S2. The van der Waals surface area contributed by atoms with Gasteiger partial charge in [-0.1, -0.05) is 60.7 Å². The predicted octanol–water partition coefficient (Wildman–Crippen LogP) is 3.69. The maximum atomic E-state index is 13.8. The van der Waals surface area contributed by atoms with Crippen LogP contribution in [0.1, 0.15) is 34.6 Å². The molecule has 2 aliphatic rings. The highest BCUT2D eigenvalue weighted by atomic mass is 32.2. The molecule has 2 aliphatic heterocycles. The number of aromatic carboxylic acids is 1. The zero-order valence-corrected chi connectivity index (χ0v) is 22.2. The smallest absolute Gasteiger partial charge is 0.356 e. The number of nitrogens with zero attached hydrogens (tertiary/aromatic N) is 2. The summed E-state index contributed by atoms with van der Waals surface area (Å²) in [6.07, 6.45) is -0.731. The quantitative estimate of drug-likeness (QED) is 0.292. The van der Waals surface area contributed by atoms with Crippen LogP contribution in [0.15, 0.2) is 77.3 Å². The van der Waals surface area contributed by atoms with Crippen molar-refractivity contribution >= 4 is 52.0 Å². The third-order valence-electron chi connectivity index (χ3n) is 6.12. The van der Waals surface area contributed by atoms with Crippen molar-refractivity contribution in [3.05, 3.63) is 94.1 Å². The Hall–Kier alpha value is -4.16. The summed E-state index contributed by atoms with van der Waals surface area (Å²) in [5, 5.41) is 13.3. The Labute approximate surface area is 231 Å². The van der Waals surface area contributed by atoms with E-state index in [4.69, 9.17) is 14.6 Å². The van der Waals surface area contributed by atoms with Gasteiger partial charge in [0.05, 0.1) is 0 Å². The lowest BCUT2D eigenvalue weighted by atomic mass is 10.0. The van der Waals surface area contributed by atoms with Gasteiger partial charge in [0.1, 0.15) is 23.7 Å². The Bertz CT molecular complexity index is 1400. The van der Waals surface area contributed by atoms with Crippen LogP contribution in [0.5, 0.6) is 0 Å². The van der Waals surface area contributed by atoms with Crippen LogP contribution in [-0.4, -0.2) is 62.6 Å². The van der Waals surface area contributed by atoms with Gasteiger partial charge < -0.3 is 19.9 Å². The molecule has 200 valence electrons. The monoisotopic (exact) mass is 565 g/mol. The van der Waals surface area contributed by atoms with Crippen LogP contribution < -0.4 is 5.32 Å². The van der Waals surface area contributed by atoms with Crippen LogP contribution in [0, 0.1) is 0 Å². The molecule has 0 spiro atoms. The number of hydrogen-bond donors (Lipinski definition) is 2. The molecule has 10 nitrogen and oxygen atoms in total. The normalized spacial score (nSPS) is 18.3. The molecule has 1 fully saturated rings. The summed E-state index contributed by atoms with van der Waals surface area (Å²) in [6, 6.07) is 17.8. The van der Waals surface area contributed by atoms with Gasteiger partial charge in [0.15, 0.2) is 16.9 Å². The Morgan fingerprint density at radius 1 is 1.10 bits per heavy atom. The van der Waals surface area contributed by atoms with Gasteiger partial charge in [-0.05, 0) is 11.1 Å². The predicted molar refractivity (Wildman–Crippen MR) is 144 cm³/mol. The molecule has 3 heterocycles. The molecule has 39 heavy (non-hydrogen) atoms. The van der Waals surface area contributed by atoms with E-state index in [1.807, 2.05) is 60.7 Å². The maximum Gasteiger partial charge on any atom is 0.356 e. The van der Waals surface area contributed by atoms with Gasteiger partial charge in [0.25, 0.3) is 5.91 Å². The zero-order valence-electron chi connectivity index (χ0n) is 20.6. The average Bonchev–Trinajstić information content (AvgIpc) is 3.43. The number of thiazole rings is 1. The number of nitrogens with one attached hydrogen (secondary N) is 1. The fraction of sp³-hybridized carbons (Fsp3) is 0.222. The molecule has 0 aliphatic carbocycles. The second-order valence-corrected chi connectivity index (χ2v) is 10.7. The summed E-state index contributed by atoms with van der Waals surface area (Å²) < 4.78 is 11.2. The Kier molecular flexibility index (Phi) is 7.66. The van der Waals surface area contributed by atoms with Crippen LogP contribution in [0.3, 0.4) is 0 Å². The number of hydrogen-bond acceptors (Lipinski definition) is 10. The van der Waals surface area contributed by atoms with Crippen molar-refractivity contribution in [2.45, 2.75) is 24.4 Å². The molecule has 0 unspecified atom stereocenters. The number of ether oxygens (including phenoxy) is 2. The van der Waals surface area contributed by atoms with E-state index < -0.39 is 41.3 Å². The molecule has 1 aromatic heterocycles. The van der Waals surface area contributed by atoms with Crippen LogP contribution in [0.4, 0.5) is 5.13 Å². The number of carboxylic acids is 1. The standard InChI is InChI=1S/C27H23N3O7S2/c1-15(31)36-12-18-13-38-24-20(29-27-28-19(14-39-27)25(33)34)23(32)30(24)21(18)26(35)37-22(16-8-4-2-5-9-16)17-10-6-3-7-11-17/h2-11,14,20,22,24H,12-13H2,1H3,(H,28,29)(H,33,34)/t20-,24-/m1/s1. The first kappa shape index (κ1) is 26.4. The Morgan fingerprint density at radius 2 is 1.74 bits per heavy atom. The largest absolute Gasteiger partial charge is 0.476 e. The van der Waals surface area contributed by atoms with Crippen molar-refractivity contribution in [3.63, 3.8) is 0 Å². The van der Waals surface area contributed by atoms with Gasteiger partial charge >= 0.3 is 17.9 Å². The van der Waals surface area contributed by atoms with Crippen molar-refractivity contribution in [3.8, 4) is 0 Å². The number of rotatable bonds is 9. The van der Waals surface area contributed by atoms with E-state index in [9.17, 15) is 19.2 Å². The molecule has 0 saturated carbocycles. The minimum atomic E-state index is -1.16. The number of carboxylic acid groups (broad SMARTS) is 1. The summed E-state index contributed by atoms with van der Waals surface area (Å²) in [4.78, 5) is 55.2. The van der Waals surface area contributed by atoms with Crippen molar-refractivity contribution < 1.29 is 33.8 Å². The molecule has 12 heteroatoms. The first-order valence-corrected chi connectivity index (χ1v) is 13.8. The third kappa shape index (κ3) is 5.52. The van der Waals surface area contributed by atoms with Crippen molar-refractivity contribution in [1.82, 2.24) is 9.88 Å². The Morgan fingerprint density at radius 3 is 2.31 bits per heavy atom. The highest BCUT2D eigenvalue weighted by molar-refractivity contribution is 8.00. The highest BCUT2D eigenvalue weighted by Gasteiger charge is 2.54. The number of esters is 2. The molecular weight excluding hydrogens is 542 g/mol. The number of benzene rings is 2. The summed E-state index contributed by atoms with van der Waals surface area (Å²) >= 11 is 2.47. The van der Waals surface area contributed by atoms with E-state index in [-0.39, 0.29) is 23.1 Å². The highest BCUT2D eigenvalue weighted by Crippen LogP contribution is 2.43. The molecule has 0 bridgehead atoms. The van der Waals surface area contributed by atoms with Crippen molar-refractivity contribution in [2.75, 3.05) is 17.7 Å². The number of β-lactam (4-membered cyclic amide) rings is 1. The first-order chi connectivity index (χ1) is 18.8. The van der Waals surface area contributed by atoms with Gasteiger partial charge in [-0.25, -0.2) is 14.6 Å². The molecule has 3 aromatic rings. The van der Waals surface area contributed by atoms with Gasteiger partial charge in [-0.3, -0.25) is 14.5 Å². The minimum absolute atomic E-state index is 0.0466. The average molecular weight is 566 g/mol. The lowest BCUT2D eigenvalue weighted by Gasteiger charge is -2.49. The van der Waals surface area contributed by atoms with Crippen LogP contribution in [0.25, 0.3) is 0 Å². The molecule has 1 amide bonds. The molecule has 2 aromatic carbocycles. The number of amides is 1. The molecule has 0 radical (unpaired) electrons. The van der Waals surface area contributed by atoms with E-state index in [0.29, 0.717) is 11.3 Å². The number of anilines is 1. The number of fused-ring (bicyclic) bond motifs is 1. The zero-order chi connectivity index (χ0) is 27.5. The van der Waals surface area contributed by atoms with Gasteiger partial charge in [0.2, 0.25) is 0 Å². The SMILES string of the molecule is CC(=O)OCC1=C(C(=O)OC(c2ccccc2)c2ccccc2)N2C(=O)[C@@H](Nc3nc(C(=O)O)cs3)[C@H]2SC1. The molecule has 2 atom stereocenters. The number of carbonyl (C=O) groups excluding carboxylic acids is 3. The summed E-state index contributed by atoms with van der Waals surface area (Å²) in [7, 11) is 0. The lowest BCUT2D eigenvalue weighted by molar-refractivity contribution is -0.152. The molecule has 1 saturated heterocycles. The van der Waals surface area contributed by atoms with Gasteiger partial charge in [-0.2, -0.15) is 0 Å². The van der Waals surface area contributed by atoms with Gasteiger partial charge in [0, 0.05) is 23.6 Å². The summed E-state index contributed by atoms with van der Waals surface area (Å²) in [6.45, 7) is 1.11. The molecule has 5 rings (SSSR count). The van der Waals surface area contributed by atoms with Crippen LogP contribution in [-0.2, 0) is 23.9 Å². The van der Waals surface area contributed by atoms with E-state index in [1.54, 1.807) is 0 Å². The first-order valence-electron chi connectivity index (χ1n) is 11.9. The minimum Gasteiger partial charge on any atom is -0.476 e. The van der Waals surface area contributed by atoms with Crippen molar-refractivity contribution in [1.29, 1.82) is 0 Å². The number of thioether (sulfide) groups is 1. The third-order valence-corrected chi connectivity index (χ3v) is 8.24. The number of carbonyl (C=O) groups is 4. The fourth-order valence-electron chi connectivity index (χ4n) is 4.29.